The Morgan fingerprint density at radius 1 is 1.05 bits per heavy atom. The smallest absolute Gasteiger partial charge is 0.335 e. The Kier molecular flexibility index (Phi) is 3.32. The number of aromatic carboxylic acids is 1. The average molecular weight is 262 g/mol. The molecule has 0 unspecified atom stereocenters. The molecule has 1 aromatic carbocycles. The molecule has 2 aliphatic rings. The lowest BCUT2D eigenvalue weighted by Gasteiger charge is -2.13. The quantitative estimate of drug-likeness (QED) is 0.820. The van der Waals surface area contributed by atoms with Crippen molar-refractivity contribution in [3.63, 3.8) is 0 Å². The summed E-state index contributed by atoms with van der Waals surface area (Å²) in [6.07, 6.45) is 4.87. The molecule has 0 spiro atoms. The molecular formula is C15H18O4. The molecule has 0 radical (unpaired) electrons. The lowest BCUT2D eigenvalue weighted by atomic mass is 10.2. The molecule has 19 heavy (non-hydrogen) atoms. The molecule has 0 heterocycles. The molecule has 0 bridgehead atoms. The van der Waals surface area contributed by atoms with Gasteiger partial charge in [-0.1, -0.05) is 0 Å². The number of carbonyl (C=O) groups is 1. The van der Waals surface area contributed by atoms with Crippen LogP contribution in [-0.2, 0) is 0 Å². The van der Waals surface area contributed by atoms with Crippen molar-refractivity contribution < 1.29 is 19.4 Å². The van der Waals surface area contributed by atoms with Gasteiger partial charge in [-0.25, -0.2) is 4.79 Å². The van der Waals surface area contributed by atoms with E-state index in [2.05, 4.69) is 0 Å². The third kappa shape index (κ3) is 3.40. The van der Waals surface area contributed by atoms with Gasteiger partial charge in [0.2, 0.25) is 0 Å². The number of carboxylic acids is 1. The van der Waals surface area contributed by atoms with Gasteiger partial charge in [-0.15, -0.1) is 0 Å². The minimum absolute atomic E-state index is 0.240. The molecule has 4 heteroatoms. The van der Waals surface area contributed by atoms with Crippen LogP contribution in [0.25, 0.3) is 0 Å². The van der Waals surface area contributed by atoms with Crippen molar-refractivity contribution >= 4 is 5.97 Å². The zero-order valence-corrected chi connectivity index (χ0v) is 10.8. The van der Waals surface area contributed by atoms with E-state index in [9.17, 15) is 4.79 Å². The SMILES string of the molecule is O=C(O)c1ccc(OCC2CC2)c(OCC2CC2)c1. The maximum Gasteiger partial charge on any atom is 0.335 e. The highest BCUT2D eigenvalue weighted by atomic mass is 16.5. The number of carboxylic acid groups (broad SMARTS) is 1. The molecular weight excluding hydrogens is 244 g/mol. The molecule has 2 aliphatic carbocycles. The number of hydrogen-bond acceptors (Lipinski definition) is 3. The second-order valence-corrected chi connectivity index (χ2v) is 5.48. The zero-order valence-electron chi connectivity index (χ0n) is 10.8. The monoisotopic (exact) mass is 262 g/mol. The molecule has 0 aliphatic heterocycles. The van der Waals surface area contributed by atoms with Gasteiger partial charge in [-0.05, 0) is 55.7 Å². The summed E-state index contributed by atoms with van der Waals surface area (Å²) in [6.45, 7) is 1.36. The van der Waals surface area contributed by atoms with Crippen LogP contribution >= 0.6 is 0 Å². The first-order valence-corrected chi connectivity index (χ1v) is 6.85. The van der Waals surface area contributed by atoms with Crippen molar-refractivity contribution in [2.24, 2.45) is 11.8 Å². The highest BCUT2D eigenvalue weighted by molar-refractivity contribution is 5.88. The van der Waals surface area contributed by atoms with Gasteiger partial charge < -0.3 is 14.6 Å². The first-order chi connectivity index (χ1) is 9.22. The number of hydrogen-bond donors (Lipinski definition) is 1. The summed E-state index contributed by atoms with van der Waals surface area (Å²) in [5.74, 6) is 1.58. The van der Waals surface area contributed by atoms with Crippen LogP contribution in [0.1, 0.15) is 36.0 Å². The van der Waals surface area contributed by atoms with E-state index in [1.807, 2.05) is 0 Å². The van der Waals surface area contributed by atoms with E-state index in [1.165, 1.54) is 25.7 Å². The van der Waals surface area contributed by atoms with Crippen molar-refractivity contribution in [2.75, 3.05) is 13.2 Å². The van der Waals surface area contributed by atoms with Gasteiger partial charge in [0, 0.05) is 0 Å². The second kappa shape index (κ2) is 5.11. The van der Waals surface area contributed by atoms with Gasteiger partial charge in [-0.3, -0.25) is 0 Å². The van der Waals surface area contributed by atoms with Gasteiger partial charge in [0.25, 0.3) is 0 Å². The Morgan fingerprint density at radius 2 is 1.63 bits per heavy atom. The first-order valence-electron chi connectivity index (χ1n) is 6.85. The first kappa shape index (κ1) is 12.3. The molecule has 2 saturated carbocycles. The van der Waals surface area contributed by atoms with Crippen molar-refractivity contribution in [1.82, 2.24) is 0 Å². The van der Waals surface area contributed by atoms with Gasteiger partial charge in [0.1, 0.15) is 0 Å². The molecule has 0 atom stereocenters. The van der Waals surface area contributed by atoms with E-state index >= 15 is 0 Å². The van der Waals surface area contributed by atoms with E-state index in [-0.39, 0.29) is 5.56 Å². The molecule has 0 aromatic heterocycles. The van der Waals surface area contributed by atoms with Crippen molar-refractivity contribution in [1.29, 1.82) is 0 Å². The van der Waals surface area contributed by atoms with E-state index in [0.29, 0.717) is 36.5 Å². The van der Waals surface area contributed by atoms with Crippen LogP contribution < -0.4 is 9.47 Å². The Labute approximate surface area is 112 Å². The predicted molar refractivity (Wildman–Crippen MR) is 69.8 cm³/mol. The average Bonchev–Trinajstić information content (AvgIpc) is 3.27. The topological polar surface area (TPSA) is 55.8 Å². The lowest BCUT2D eigenvalue weighted by Crippen LogP contribution is -2.06. The Hall–Kier alpha value is -1.71. The standard InChI is InChI=1S/C15H18O4/c16-15(17)12-5-6-13(18-8-10-1-2-10)14(7-12)19-9-11-3-4-11/h5-7,10-11H,1-4,8-9H2,(H,16,17). The van der Waals surface area contributed by atoms with E-state index in [0.717, 1.165) is 0 Å². The third-order valence-corrected chi connectivity index (χ3v) is 3.53. The maximum atomic E-state index is 11.0. The fourth-order valence-corrected chi connectivity index (χ4v) is 1.86. The highest BCUT2D eigenvalue weighted by Gasteiger charge is 2.24. The van der Waals surface area contributed by atoms with Crippen LogP contribution in [-0.4, -0.2) is 24.3 Å². The van der Waals surface area contributed by atoms with E-state index < -0.39 is 5.97 Å². The van der Waals surface area contributed by atoms with Gasteiger partial charge in [0.15, 0.2) is 11.5 Å². The molecule has 0 amide bonds. The summed E-state index contributed by atoms with van der Waals surface area (Å²) >= 11 is 0. The maximum absolute atomic E-state index is 11.0. The third-order valence-electron chi connectivity index (χ3n) is 3.53. The second-order valence-electron chi connectivity index (χ2n) is 5.48. The largest absolute Gasteiger partial charge is 0.489 e. The molecule has 4 nitrogen and oxygen atoms in total. The predicted octanol–water partition coefficient (Wildman–Crippen LogP) is 2.96. The molecule has 0 saturated heterocycles. The Bertz CT molecular complexity index is 475. The number of ether oxygens (including phenoxy) is 2. The van der Waals surface area contributed by atoms with Crippen molar-refractivity contribution in [2.45, 2.75) is 25.7 Å². The summed E-state index contributed by atoms with van der Waals surface area (Å²) < 4.78 is 11.4. The molecule has 3 rings (SSSR count). The zero-order chi connectivity index (χ0) is 13.2. The summed E-state index contributed by atoms with van der Waals surface area (Å²) in [4.78, 5) is 11.0. The summed E-state index contributed by atoms with van der Waals surface area (Å²) in [7, 11) is 0. The summed E-state index contributed by atoms with van der Waals surface area (Å²) in [6, 6.07) is 4.83. The number of rotatable bonds is 7. The normalized spacial score (nSPS) is 18.1. The van der Waals surface area contributed by atoms with Crippen LogP contribution in [0.3, 0.4) is 0 Å². The fraction of sp³-hybridized carbons (Fsp3) is 0.533. The summed E-state index contributed by atoms with van der Waals surface area (Å²) in [5, 5.41) is 9.02. The molecule has 102 valence electrons. The van der Waals surface area contributed by atoms with Crippen LogP contribution in [0.15, 0.2) is 18.2 Å². The Morgan fingerprint density at radius 3 is 2.16 bits per heavy atom. The highest BCUT2D eigenvalue weighted by Crippen LogP contribution is 2.35. The van der Waals surface area contributed by atoms with Gasteiger partial charge in [0.05, 0.1) is 18.8 Å². The Balaban J connectivity index is 1.71. The molecule has 1 aromatic rings. The van der Waals surface area contributed by atoms with Gasteiger partial charge >= 0.3 is 5.97 Å². The van der Waals surface area contributed by atoms with E-state index in [4.69, 9.17) is 14.6 Å². The molecule has 2 fully saturated rings. The van der Waals surface area contributed by atoms with Crippen LogP contribution in [0.2, 0.25) is 0 Å². The van der Waals surface area contributed by atoms with E-state index in [1.54, 1.807) is 18.2 Å². The minimum Gasteiger partial charge on any atom is -0.489 e. The minimum atomic E-state index is -0.940. The van der Waals surface area contributed by atoms with Crippen LogP contribution in [0, 0.1) is 11.8 Å². The summed E-state index contributed by atoms with van der Waals surface area (Å²) in [5.41, 5.74) is 0.240. The van der Waals surface area contributed by atoms with Crippen LogP contribution in [0.5, 0.6) is 11.5 Å². The van der Waals surface area contributed by atoms with Gasteiger partial charge in [-0.2, -0.15) is 0 Å². The lowest BCUT2D eigenvalue weighted by molar-refractivity contribution is 0.0696. The van der Waals surface area contributed by atoms with Crippen LogP contribution in [0.4, 0.5) is 0 Å². The van der Waals surface area contributed by atoms with Crippen molar-refractivity contribution in [3.05, 3.63) is 23.8 Å². The number of benzene rings is 1. The fourth-order valence-electron chi connectivity index (χ4n) is 1.86. The molecule has 1 N–H and O–H groups in total. The van der Waals surface area contributed by atoms with Crippen molar-refractivity contribution in [3.8, 4) is 11.5 Å².